The number of carbonyl (C=O) groups is 1. The topological polar surface area (TPSA) is 40.5 Å². The van der Waals surface area contributed by atoms with Gasteiger partial charge in [0.25, 0.3) is 5.91 Å². The number of rotatable bonds is 2. The van der Waals surface area contributed by atoms with Crippen LogP contribution < -0.4 is 0 Å². The van der Waals surface area contributed by atoms with Crippen LogP contribution in [0.15, 0.2) is 23.1 Å². The Morgan fingerprint density at radius 2 is 2.05 bits per heavy atom. The molecule has 1 saturated heterocycles. The van der Waals surface area contributed by atoms with Crippen LogP contribution >= 0.6 is 46.6 Å². The zero-order valence-corrected chi connectivity index (χ0v) is 15.7. The highest BCUT2D eigenvalue weighted by atomic mass is 127. The molecule has 0 bridgehead atoms. The second kappa shape index (κ2) is 6.88. The minimum Gasteiger partial charge on any atom is -0.507 e. The second-order valence-corrected chi connectivity index (χ2v) is 8.47. The molecule has 1 aliphatic carbocycles. The first kappa shape index (κ1) is 16.3. The van der Waals surface area contributed by atoms with Crippen LogP contribution in [0.25, 0.3) is 6.08 Å². The molecule has 1 aromatic carbocycles. The van der Waals surface area contributed by atoms with E-state index in [1.165, 1.54) is 31.0 Å². The number of aromatic hydroxyl groups is 1. The van der Waals surface area contributed by atoms with Crippen molar-refractivity contribution in [1.29, 1.82) is 0 Å². The maximum absolute atomic E-state index is 12.7. The summed E-state index contributed by atoms with van der Waals surface area (Å²) < 4.78 is 1.66. The van der Waals surface area contributed by atoms with Gasteiger partial charge >= 0.3 is 0 Å². The molecule has 1 amide bonds. The molecule has 0 aromatic heterocycles. The standard InChI is InChI=1S/C16H16INO2S2/c17-11-6-7-13(19)10(8-11)9-14-15(20)18(16(21)22-14)12-4-2-1-3-5-12/h6-9,12,19H,1-5H2/b14-9-. The first-order valence-corrected chi connectivity index (χ1v) is 9.62. The molecule has 1 N–H and O–H groups in total. The van der Waals surface area contributed by atoms with Gasteiger partial charge in [-0.3, -0.25) is 9.69 Å². The molecule has 3 nitrogen and oxygen atoms in total. The highest BCUT2D eigenvalue weighted by molar-refractivity contribution is 14.1. The molecule has 3 rings (SSSR count). The summed E-state index contributed by atoms with van der Waals surface area (Å²) in [4.78, 5) is 15.1. The van der Waals surface area contributed by atoms with Gasteiger partial charge in [-0.15, -0.1) is 0 Å². The largest absolute Gasteiger partial charge is 0.507 e. The smallest absolute Gasteiger partial charge is 0.266 e. The minimum atomic E-state index is -0.0137. The molecule has 1 aromatic rings. The number of hydrogen-bond donors (Lipinski definition) is 1. The van der Waals surface area contributed by atoms with E-state index in [0.29, 0.717) is 14.8 Å². The molecule has 6 heteroatoms. The molecule has 0 atom stereocenters. The van der Waals surface area contributed by atoms with Crippen molar-refractivity contribution in [2.45, 2.75) is 38.1 Å². The quantitative estimate of drug-likeness (QED) is 0.413. The SMILES string of the molecule is O=C1/C(=C/c2cc(I)ccc2O)SC(=S)N1C1CCCCC1. The lowest BCUT2D eigenvalue weighted by Gasteiger charge is -2.29. The summed E-state index contributed by atoms with van der Waals surface area (Å²) in [5.74, 6) is 0.170. The molecule has 0 spiro atoms. The maximum Gasteiger partial charge on any atom is 0.266 e. The third kappa shape index (κ3) is 3.33. The zero-order chi connectivity index (χ0) is 15.7. The number of phenolic OH excluding ortho intramolecular Hbond substituents is 1. The van der Waals surface area contributed by atoms with E-state index in [9.17, 15) is 9.90 Å². The number of hydrogen-bond acceptors (Lipinski definition) is 4. The fourth-order valence-electron chi connectivity index (χ4n) is 2.92. The third-order valence-electron chi connectivity index (χ3n) is 4.04. The van der Waals surface area contributed by atoms with Gasteiger partial charge in [0.05, 0.1) is 4.91 Å². The van der Waals surface area contributed by atoms with Crippen LogP contribution in [0.5, 0.6) is 5.75 Å². The molecule has 22 heavy (non-hydrogen) atoms. The van der Waals surface area contributed by atoms with Crippen molar-refractivity contribution in [1.82, 2.24) is 4.90 Å². The van der Waals surface area contributed by atoms with Crippen molar-refractivity contribution in [3.05, 3.63) is 32.2 Å². The van der Waals surface area contributed by atoms with Crippen LogP contribution in [-0.4, -0.2) is 26.3 Å². The van der Waals surface area contributed by atoms with Crippen LogP contribution in [0, 0.1) is 3.57 Å². The normalized spacial score (nSPS) is 21.9. The molecular weight excluding hydrogens is 429 g/mol. The predicted octanol–water partition coefficient (Wildman–Crippen LogP) is 4.53. The van der Waals surface area contributed by atoms with Crippen molar-refractivity contribution in [3.8, 4) is 5.75 Å². The first-order chi connectivity index (χ1) is 10.6. The van der Waals surface area contributed by atoms with E-state index in [1.54, 1.807) is 17.0 Å². The minimum absolute atomic E-state index is 0.0137. The van der Waals surface area contributed by atoms with Crippen LogP contribution in [0.3, 0.4) is 0 Å². The predicted molar refractivity (Wildman–Crippen MR) is 103 cm³/mol. The number of benzene rings is 1. The summed E-state index contributed by atoms with van der Waals surface area (Å²) in [6.07, 6.45) is 7.40. The lowest BCUT2D eigenvalue weighted by atomic mass is 9.94. The van der Waals surface area contributed by atoms with Gasteiger partial charge in [0.1, 0.15) is 10.1 Å². The number of thiocarbonyl (C=S) groups is 1. The van der Waals surface area contributed by atoms with Crippen LogP contribution in [0.1, 0.15) is 37.7 Å². The number of carbonyl (C=O) groups excluding carboxylic acids is 1. The highest BCUT2D eigenvalue weighted by Crippen LogP contribution is 2.38. The van der Waals surface area contributed by atoms with E-state index in [0.717, 1.165) is 16.4 Å². The van der Waals surface area contributed by atoms with E-state index in [1.807, 2.05) is 12.1 Å². The van der Waals surface area contributed by atoms with Crippen molar-refractivity contribution in [2.75, 3.05) is 0 Å². The molecule has 2 aliphatic rings. The Kier molecular flexibility index (Phi) is 5.09. The summed E-state index contributed by atoms with van der Waals surface area (Å²) in [7, 11) is 0. The Morgan fingerprint density at radius 1 is 1.32 bits per heavy atom. The van der Waals surface area contributed by atoms with Gasteiger partial charge in [-0.2, -0.15) is 0 Å². The lowest BCUT2D eigenvalue weighted by Crippen LogP contribution is -2.39. The van der Waals surface area contributed by atoms with Crippen molar-refractivity contribution < 1.29 is 9.90 Å². The van der Waals surface area contributed by atoms with E-state index < -0.39 is 0 Å². The van der Waals surface area contributed by atoms with Gasteiger partial charge in [-0.1, -0.05) is 43.2 Å². The van der Waals surface area contributed by atoms with E-state index in [4.69, 9.17) is 12.2 Å². The molecule has 1 heterocycles. The Balaban J connectivity index is 1.86. The Labute approximate surface area is 153 Å². The molecule has 2 fully saturated rings. The number of thioether (sulfide) groups is 1. The Hall–Kier alpha value is -0.600. The van der Waals surface area contributed by atoms with Gasteiger partial charge in [-0.25, -0.2) is 0 Å². The van der Waals surface area contributed by atoms with Gasteiger partial charge < -0.3 is 5.11 Å². The lowest BCUT2D eigenvalue weighted by molar-refractivity contribution is -0.124. The molecule has 116 valence electrons. The van der Waals surface area contributed by atoms with Crippen LogP contribution in [0.2, 0.25) is 0 Å². The van der Waals surface area contributed by atoms with E-state index in [-0.39, 0.29) is 17.7 Å². The van der Waals surface area contributed by atoms with Crippen molar-refractivity contribution >= 4 is 62.9 Å². The summed E-state index contributed by atoms with van der Waals surface area (Å²) in [5, 5.41) is 9.95. The van der Waals surface area contributed by atoms with E-state index in [2.05, 4.69) is 22.6 Å². The molecule has 1 aliphatic heterocycles. The van der Waals surface area contributed by atoms with Crippen molar-refractivity contribution in [3.63, 3.8) is 0 Å². The zero-order valence-electron chi connectivity index (χ0n) is 11.9. The fraction of sp³-hybridized carbons (Fsp3) is 0.375. The van der Waals surface area contributed by atoms with Crippen LogP contribution in [-0.2, 0) is 4.79 Å². The van der Waals surface area contributed by atoms with Crippen molar-refractivity contribution in [2.24, 2.45) is 0 Å². The summed E-state index contributed by atoms with van der Waals surface area (Å²) in [6.45, 7) is 0. The molecule has 1 saturated carbocycles. The van der Waals surface area contributed by atoms with Crippen LogP contribution in [0.4, 0.5) is 0 Å². The van der Waals surface area contributed by atoms with Gasteiger partial charge in [0.2, 0.25) is 0 Å². The van der Waals surface area contributed by atoms with E-state index >= 15 is 0 Å². The van der Waals surface area contributed by atoms with Gasteiger partial charge in [0.15, 0.2) is 0 Å². The summed E-state index contributed by atoms with van der Waals surface area (Å²) >= 11 is 8.94. The second-order valence-electron chi connectivity index (χ2n) is 5.55. The summed E-state index contributed by atoms with van der Waals surface area (Å²) in [5.41, 5.74) is 0.663. The Bertz CT molecular complexity index is 654. The summed E-state index contributed by atoms with van der Waals surface area (Å²) in [6, 6.07) is 5.59. The molecular formula is C16H16INO2S2. The average Bonchev–Trinajstić information content (AvgIpc) is 2.78. The number of phenols is 1. The maximum atomic E-state index is 12.7. The Morgan fingerprint density at radius 3 is 2.77 bits per heavy atom. The van der Waals surface area contributed by atoms with Gasteiger partial charge in [0, 0.05) is 15.2 Å². The number of nitrogens with zero attached hydrogens (tertiary/aromatic N) is 1. The molecule has 0 unspecified atom stereocenters. The average molecular weight is 445 g/mol. The number of halogens is 1. The third-order valence-corrected chi connectivity index (χ3v) is 6.04. The first-order valence-electron chi connectivity index (χ1n) is 7.32. The monoisotopic (exact) mass is 445 g/mol. The van der Waals surface area contributed by atoms with Gasteiger partial charge in [-0.05, 0) is 59.7 Å². The molecule has 0 radical (unpaired) electrons. The fourth-order valence-corrected chi connectivity index (χ4v) is 4.82. The highest BCUT2D eigenvalue weighted by Gasteiger charge is 2.37. The number of amides is 1.